The molecule has 3 atom stereocenters. The molecule has 1 saturated heterocycles. The van der Waals surface area contributed by atoms with E-state index in [1.165, 1.54) is 64.2 Å². The van der Waals surface area contributed by atoms with Gasteiger partial charge in [0, 0.05) is 6.42 Å². The maximum absolute atomic E-state index is 11.7. The number of esters is 2. The third-order valence-electron chi connectivity index (χ3n) is 5.30. The van der Waals surface area contributed by atoms with Crippen LogP contribution in [0.4, 0.5) is 0 Å². The van der Waals surface area contributed by atoms with E-state index in [0.29, 0.717) is 0 Å². The SMILES string of the molecule is CCCCCCCCCCCCCCCC(=O)OC[C@H](O)[C@H]1OC(=O)C(=O)C1O. The van der Waals surface area contributed by atoms with E-state index >= 15 is 0 Å². The number of Topliss-reactive ketones (excluding diaryl/α,β-unsaturated/α-hetero) is 1. The first-order valence-electron chi connectivity index (χ1n) is 11.2. The van der Waals surface area contributed by atoms with E-state index in [4.69, 9.17) is 4.74 Å². The third kappa shape index (κ3) is 10.8. The molecule has 1 aliphatic heterocycles. The number of carbonyl (C=O) groups is 3. The molecule has 0 aromatic carbocycles. The zero-order valence-electron chi connectivity index (χ0n) is 17.8. The van der Waals surface area contributed by atoms with Gasteiger partial charge < -0.3 is 19.7 Å². The van der Waals surface area contributed by atoms with Crippen molar-refractivity contribution in [2.75, 3.05) is 6.61 Å². The lowest BCUT2D eigenvalue weighted by Gasteiger charge is -2.18. The van der Waals surface area contributed by atoms with Gasteiger partial charge in [-0.25, -0.2) is 4.79 Å². The molecule has 1 aliphatic rings. The number of ketones is 1. The first kappa shape index (κ1) is 25.6. The van der Waals surface area contributed by atoms with Gasteiger partial charge in [0.15, 0.2) is 12.2 Å². The molecule has 0 amide bonds. The fourth-order valence-corrected chi connectivity index (χ4v) is 3.44. The molecule has 1 rings (SSSR count). The van der Waals surface area contributed by atoms with Crippen LogP contribution >= 0.6 is 0 Å². The summed E-state index contributed by atoms with van der Waals surface area (Å²) >= 11 is 0. The highest BCUT2D eigenvalue weighted by Crippen LogP contribution is 2.16. The van der Waals surface area contributed by atoms with Crippen LogP contribution in [0.25, 0.3) is 0 Å². The Bertz CT molecular complexity index is 492. The molecule has 29 heavy (non-hydrogen) atoms. The van der Waals surface area contributed by atoms with Gasteiger partial charge in [-0.2, -0.15) is 0 Å². The molecule has 1 heterocycles. The van der Waals surface area contributed by atoms with E-state index in [9.17, 15) is 24.6 Å². The van der Waals surface area contributed by atoms with Gasteiger partial charge in [-0.05, 0) is 6.42 Å². The summed E-state index contributed by atoms with van der Waals surface area (Å²) in [7, 11) is 0. The van der Waals surface area contributed by atoms with Gasteiger partial charge in [0.2, 0.25) is 0 Å². The van der Waals surface area contributed by atoms with Crippen molar-refractivity contribution in [3.8, 4) is 0 Å². The van der Waals surface area contributed by atoms with E-state index < -0.39 is 42.6 Å². The van der Waals surface area contributed by atoms with Gasteiger partial charge in [0.1, 0.15) is 12.7 Å². The number of carbonyl (C=O) groups excluding carboxylic acids is 3. The van der Waals surface area contributed by atoms with E-state index in [1.54, 1.807) is 0 Å². The number of unbranched alkanes of at least 4 members (excludes halogenated alkanes) is 12. The van der Waals surface area contributed by atoms with Crippen molar-refractivity contribution in [2.24, 2.45) is 0 Å². The highest BCUT2D eigenvalue weighted by Gasteiger charge is 2.46. The molecule has 7 nitrogen and oxygen atoms in total. The van der Waals surface area contributed by atoms with Crippen LogP contribution in [0.3, 0.4) is 0 Å². The Kier molecular flexibility index (Phi) is 13.6. The maximum Gasteiger partial charge on any atom is 0.378 e. The molecular weight excluding hydrogens is 376 g/mol. The summed E-state index contributed by atoms with van der Waals surface area (Å²) < 4.78 is 9.52. The summed E-state index contributed by atoms with van der Waals surface area (Å²) in [5, 5.41) is 19.3. The van der Waals surface area contributed by atoms with Crippen molar-refractivity contribution in [2.45, 2.75) is 115 Å². The highest BCUT2D eigenvalue weighted by atomic mass is 16.6. The molecule has 0 saturated carbocycles. The van der Waals surface area contributed by atoms with Crippen LogP contribution in [0.5, 0.6) is 0 Å². The number of cyclic esters (lactones) is 1. The predicted octanol–water partition coefficient (Wildman–Crippen LogP) is 3.23. The van der Waals surface area contributed by atoms with Gasteiger partial charge in [-0.1, -0.05) is 84.0 Å². The van der Waals surface area contributed by atoms with Crippen molar-refractivity contribution in [3.05, 3.63) is 0 Å². The molecule has 168 valence electrons. The molecule has 0 aromatic heterocycles. The molecule has 7 heteroatoms. The Hall–Kier alpha value is -1.47. The van der Waals surface area contributed by atoms with Crippen molar-refractivity contribution in [1.29, 1.82) is 0 Å². The normalized spacial score (nSPS) is 20.0. The van der Waals surface area contributed by atoms with Crippen LogP contribution in [-0.2, 0) is 23.9 Å². The molecule has 0 aromatic rings. The molecule has 0 bridgehead atoms. The van der Waals surface area contributed by atoms with Crippen LogP contribution in [0.1, 0.15) is 96.8 Å². The van der Waals surface area contributed by atoms with Crippen LogP contribution in [0, 0.1) is 0 Å². The zero-order valence-corrected chi connectivity index (χ0v) is 17.8. The Labute approximate surface area is 174 Å². The molecule has 0 radical (unpaired) electrons. The standard InChI is InChI=1S/C22H38O7/c1-2-3-4-5-6-7-8-9-10-11-12-13-14-15-18(24)28-16-17(23)21-19(25)20(26)22(27)29-21/h17,19,21,23,25H,2-16H2,1H3/t17-,19?,21+/m0/s1. The third-order valence-corrected chi connectivity index (χ3v) is 5.30. The lowest BCUT2D eigenvalue weighted by atomic mass is 10.0. The Morgan fingerprint density at radius 1 is 0.931 bits per heavy atom. The summed E-state index contributed by atoms with van der Waals surface area (Å²) in [6, 6.07) is 0. The fourth-order valence-electron chi connectivity index (χ4n) is 3.44. The monoisotopic (exact) mass is 414 g/mol. The maximum atomic E-state index is 11.7. The number of rotatable bonds is 17. The second kappa shape index (κ2) is 15.4. The highest BCUT2D eigenvalue weighted by molar-refractivity contribution is 6.37. The smallest absolute Gasteiger partial charge is 0.378 e. The van der Waals surface area contributed by atoms with Gasteiger partial charge in [0.25, 0.3) is 5.78 Å². The van der Waals surface area contributed by atoms with E-state index in [1.807, 2.05) is 0 Å². The molecule has 2 N–H and O–H groups in total. The molecular formula is C22H38O7. The van der Waals surface area contributed by atoms with Crippen molar-refractivity contribution >= 4 is 17.7 Å². The number of aliphatic hydroxyl groups excluding tert-OH is 2. The van der Waals surface area contributed by atoms with Crippen LogP contribution in [-0.4, -0.2) is 52.9 Å². The Balaban J connectivity index is 1.92. The van der Waals surface area contributed by atoms with E-state index in [0.717, 1.165) is 19.3 Å². The number of aliphatic hydroxyl groups is 2. The second-order valence-corrected chi connectivity index (χ2v) is 7.92. The van der Waals surface area contributed by atoms with Gasteiger partial charge >= 0.3 is 11.9 Å². The largest absolute Gasteiger partial charge is 0.463 e. The van der Waals surface area contributed by atoms with Crippen LogP contribution in [0.15, 0.2) is 0 Å². The van der Waals surface area contributed by atoms with Crippen molar-refractivity contribution < 1.29 is 34.1 Å². The number of hydrogen-bond acceptors (Lipinski definition) is 7. The quantitative estimate of drug-likeness (QED) is 0.214. The average Bonchev–Trinajstić information content (AvgIpc) is 2.97. The minimum Gasteiger partial charge on any atom is -0.463 e. The first-order valence-corrected chi connectivity index (χ1v) is 11.2. The summed E-state index contributed by atoms with van der Waals surface area (Å²) in [5.74, 6) is -2.72. The predicted molar refractivity (Wildman–Crippen MR) is 108 cm³/mol. The number of ether oxygens (including phenoxy) is 2. The zero-order chi connectivity index (χ0) is 21.5. The lowest BCUT2D eigenvalue weighted by Crippen LogP contribution is -2.40. The summed E-state index contributed by atoms with van der Waals surface area (Å²) in [5.41, 5.74) is 0. The number of hydrogen-bond donors (Lipinski definition) is 2. The summed E-state index contributed by atoms with van der Waals surface area (Å²) in [6.45, 7) is 1.82. The summed E-state index contributed by atoms with van der Waals surface area (Å²) in [4.78, 5) is 33.9. The molecule has 0 spiro atoms. The van der Waals surface area contributed by atoms with Gasteiger partial charge in [-0.3, -0.25) is 9.59 Å². The van der Waals surface area contributed by atoms with Crippen molar-refractivity contribution in [1.82, 2.24) is 0 Å². The minimum atomic E-state index is -1.71. The first-order chi connectivity index (χ1) is 14.0. The molecule has 1 fully saturated rings. The second-order valence-electron chi connectivity index (χ2n) is 7.92. The van der Waals surface area contributed by atoms with Crippen LogP contribution < -0.4 is 0 Å². The van der Waals surface area contributed by atoms with E-state index in [2.05, 4.69) is 11.7 Å². The van der Waals surface area contributed by atoms with Crippen LogP contribution in [0.2, 0.25) is 0 Å². The Morgan fingerprint density at radius 2 is 1.41 bits per heavy atom. The van der Waals surface area contributed by atoms with Gasteiger partial charge in [-0.15, -0.1) is 0 Å². The lowest BCUT2D eigenvalue weighted by molar-refractivity contribution is -0.156. The van der Waals surface area contributed by atoms with Gasteiger partial charge in [0.05, 0.1) is 0 Å². The topological polar surface area (TPSA) is 110 Å². The fraction of sp³-hybridized carbons (Fsp3) is 0.864. The minimum absolute atomic E-state index is 0.260. The van der Waals surface area contributed by atoms with Crippen molar-refractivity contribution in [3.63, 3.8) is 0 Å². The summed E-state index contributed by atoms with van der Waals surface area (Å²) in [6.07, 6.45) is 11.6. The van der Waals surface area contributed by atoms with E-state index in [-0.39, 0.29) is 6.42 Å². The average molecular weight is 415 g/mol. The Morgan fingerprint density at radius 3 is 1.86 bits per heavy atom. The molecule has 1 unspecified atom stereocenters. The molecule has 0 aliphatic carbocycles.